The van der Waals surface area contributed by atoms with E-state index in [0.717, 1.165) is 18.7 Å². The fourth-order valence-corrected chi connectivity index (χ4v) is 3.49. The van der Waals surface area contributed by atoms with Gasteiger partial charge in [-0.1, -0.05) is 20.8 Å². The summed E-state index contributed by atoms with van der Waals surface area (Å²) in [6.45, 7) is 9.33. The number of aromatic nitrogens is 1. The quantitative estimate of drug-likeness (QED) is 0.651. The predicted molar refractivity (Wildman–Crippen MR) is 84.2 cm³/mol. The minimum Gasteiger partial charge on any atom is -0.309 e. The maximum absolute atomic E-state index is 11.8. The zero-order chi connectivity index (χ0) is 15.2. The Balaban J connectivity index is 2.59. The van der Waals surface area contributed by atoms with Crippen molar-refractivity contribution in [2.24, 2.45) is 5.92 Å². The van der Waals surface area contributed by atoms with Gasteiger partial charge in [0.05, 0.1) is 5.69 Å². The third-order valence-electron chi connectivity index (χ3n) is 2.57. The molecule has 1 heterocycles. The van der Waals surface area contributed by atoms with E-state index in [0.29, 0.717) is 11.7 Å². The monoisotopic (exact) mass is 320 g/mol. The van der Waals surface area contributed by atoms with E-state index in [1.165, 1.54) is 11.3 Å². The molecule has 0 aromatic carbocycles. The van der Waals surface area contributed by atoms with E-state index in [9.17, 15) is 8.42 Å². The first-order valence-corrected chi connectivity index (χ1v) is 9.16. The SMILES string of the molecule is CCCNC(C)c1csc(NS(=O)(=O)NCC(C)C)n1. The van der Waals surface area contributed by atoms with Gasteiger partial charge in [-0.05, 0) is 25.8 Å². The topological polar surface area (TPSA) is 83.1 Å². The van der Waals surface area contributed by atoms with Gasteiger partial charge in [0.1, 0.15) is 0 Å². The summed E-state index contributed by atoms with van der Waals surface area (Å²) in [5.74, 6) is 0.261. The summed E-state index contributed by atoms with van der Waals surface area (Å²) in [7, 11) is -3.53. The Kier molecular flexibility index (Phi) is 6.87. The first-order chi connectivity index (χ1) is 9.34. The van der Waals surface area contributed by atoms with Crippen LogP contribution in [-0.2, 0) is 10.2 Å². The van der Waals surface area contributed by atoms with Gasteiger partial charge < -0.3 is 5.32 Å². The molecular formula is C12H24N4O2S2. The molecule has 0 fully saturated rings. The summed E-state index contributed by atoms with van der Waals surface area (Å²) in [6, 6.07) is 0.119. The van der Waals surface area contributed by atoms with Gasteiger partial charge in [-0.15, -0.1) is 11.3 Å². The van der Waals surface area contributed by atoms with Crippen LogP contribution in [0.2, 0.25) is 0 Å². The highest BCUT2D eigenvalue weighted by Crippen LogP contribution is 2.21. The van der Waals surface area contributed by atoms with Gasteiger partial charge in [0.15, 0.2) is 5.13 Å². The van der Waals surface area contributed by atoms with Crippen LogP contribution >= 0.6 is 11.3 Å². The van der Waals surface area contributed by atoms with Crippen molar-refractivity contribution in [2.75, 3.05) is 17.8 Å². The van der Waals surface area contributed by atoms with Crippen molar-refractivity contribution >= 4 is 26.7 Å². The zero-order valence-electron chi connectivity index (χ0n) is 12.4. The van der Waals surface area contributed by atoms with Gasteiger partial charge in [-0.2, -0.15) is 13.1 Å². The van der Waals surface area contributed by atoms with Gasteiger partial charge in [0, 0.05) is 18.0 Å². The normalized spacial score (nSPS) is 13.7. The maximum Gasteiger partial charge on any atom is 0.300 e. The molecule has 6 nitrogen and oxygen atoms in total. The Morgan fingerprint density at radius 1 is 1.35 bits per heavy atom. The van der Waals surface area contributed by atoms with Crippen LogP contribution in [0.3, 0.4) is 0 Å². The molecular weight excluding hydrogens is 296 g/mol. The molecule has 116 valence electrons. The molecule has 0 amide bonds. The number of rotatable bonds is 9. The first kappa shape index (κ1) is 17.4. The molecule has 20 heavy (non-hydrogen) atoms. The number of hydrogen-bond donors (Lipinski definition) is 3. The van der Waals surface area contributed by atoms with Crippen molar-refractivity contribution in [1.29, 1.82) is 0 Å². The standard InChI is InChI=1S/C12H24N4O2S2/c1-5-6-13-10(4)11-8-19-12(15-11)16-20(17,18)14-7-9(2)3/h8-10,13-14H,5-7H2,1-4H3,(H,15,16). The Morgan fingerprint density at radius 3 is 2.65 bits per heavy atom. The lowest BCUT2D eigenvalue weighted by Crippen LogP contribution is -2.32. The van der Waals surface area contributed by atoms with Crippen molar-refractivity contribution in [3.05, 3.63) is 11.1 Å². The molecule has 1 rings (SSSR count). The maximum atomic E-state index is 11.8. The summed E-state index contributed by atoms with van der Waals surface area (Å²) >= 11 is 1.29. The van der Waals surface area contributed by atoms with Gasteiger partial charge >= 0.3 is 10.2 Å². The third kappa shape index (κ3) is 6.17. The van der Waals surface area contributed by atoms with Crippen LogP contribution in [0.1, 0.15) is 45.9 Å². The van der Waals surface area contributed by atoms with Crippen LogP contribution in [0.5, 0.6) is 0 Å². The van der Waals surface area contributed by atoms with Crippen molar-refractivity contribution < 1.29 is 8.42 Å². The fourth-order valence-electron chi connectivity index (χ4n) is 1.42. The molecule has 8 heteroatoms. The van der Waals surface area contributed by atoms with Gasteiger partial charge in [-0.25, -0.2) is 9.71 Å². The molecule has 0 radical (unpaired) electrons. The van der Waals surface area contributed by atoms with Crippen LogP contribution in [0, 0.1) is 5.92 Å². The van der Waals surface area contributed by atoms with Gasteiger partial charge in [-0.3, -0.25) is 0 Å². The predicted octanol–water partition coefficient (Wildman–Crippen LogP) is 2.11. The molecule has 0 aliphatic heterocycles. The van der Waals surface area contributed by atoms with Crippen molar-refractivity contribution in [1.82, 2.24) is 15.0 Å². The lowest BCUT2D eigenvalue weighted by atomic mass is 10.2. The number of anilines is 1. The molecule has 0 saturated heterocycles. The molecule has 1 unspecified atom stereocenters. The number of nitrogens with zero attached hydrogens (tertiary/aromatic N) is 1. The number of hydrogen-bond acceptors (Lipinski definition) is 5. The number of thiazole rings is 1. The molecule has 0 aliphatic rings. The van der Waals surface area contributed by atoms with Crippen molar-refractivity contribution in [3.63, 3.8) is 0 Å². The van der Waals surface area contributed by atoms with E-state index < -0.39 is 10.2 Å². The Hall–Kier alpha value is -0.700. The average molecular weight is 320 g/mol. The Bertz CT molecular complexity index is 499. The molecule has 1 aromatic rings. The second-order valence-corrected chi connectivity index (χ2v) is 7.46. The van der Waals surface area contributed by atoms with E-state index in [1.54, 1.807) is 0 Å². The molecule has 3 N–H and O–H groups in total. The number of nitrogens with one attached hydrogen (secondary N) is 3. The lowest BCUT2D eigenvalue weighted by molar-refractivity contribution is 0.560. The summed E-state index contributed by atoms with van der Waals surface area (Å²) in [5, 5.41) is 5.58. The molecule has 0 saturated carbocycles. The molecule has 0 spiro atoms. The molecule has 1 aromatic heterocycles. The van der Waals surface area contributed by atoms with Crippen LogP contribution in [0.4, 0.5) is 5.13 Å². The fraction of sp³-hybridized carbons (Fsp3) is 0.750. The van der Waals surface area contributed by atoms with Crippen LogP contribution in [0.25, 0.3) is 0 Å². The Morgan fingerprint density at radius 2 is 2.05 bits per heavy atom. The minimum absolute atomic E-state index is 0.119. The Labute approximate surface area is 125 Å². The van der Waals surface area contributed by atoms with E-state index >= 15 is 0 Å². The van der Waals surface area contributed by atoms with Crippen LogP contribution in [0.15, 0.2) is 5.38 Å². The van der Waals surface area contributed by atoms with Gasteiger partial charge in [0.2, 0.25) is 0 Å². The van der Waals surface area contributed by atoms with E-state index in [2.05, 4.69) is 26.7 Å². The highest BCUT2D eigenvalue weighted by Gasteiger charge is 2.14. The van der Waals surface area contributed by atoms with E-state index in [4.69, 9.17) is 0 Å². The van der Waals surface area contributed by atoms with Gasteiger partial charge in [0.25, 0.3) is 0 Å². The van der Waals surface area contributed by atoms with E-state index in [1.807, 2.05) is 26.2 Å². The van der Waals surface area contributed by atoms with Crippen LogP contribution in [-0.4, -0.2) is 26.5 Å². The van der Waals surface area contributed by atoms with E-state index in [-0.39, 0.29) is 12.0 Å². The molecule has 1 atom stereocenters. The minimum atomic E-state index is -3.53. The van der Waals surface area contributed by atoms with Crippen LogP contribution < -0.4 is 14.8 Å². The summed E-state index contributed by atoms with van der Waals surface area (Å²) in [4.78, 5) is 4.30. The highest BCUT2D eigenvalue weighted by molar-refractivity contribution is 7.91. The second-order valence-electron chi connectivity index (χ2n) is 5.10. The molecule has 0 aliphatic carbocycles. The summed E-state index contributed by atoms with van der Waals surface area (Å²) in [6.07, 6.45) is 1.05. The second kappa shape index (κ2) is 7.92. The van der Waals surface area contributed by atoms with Crippen molar-refractivity contribution in [2.45, 2.75) is 40.2 Å². The lowest BCUT2D eigenvalue weighted by Gasteiger charge is -2.10. The summed E-state index contributed by atoms with van der Waals surface area (Å²) < 4.78 is 28.5. The van der Waals surface area contributed by atoms with Crippen molar-refractivity contribution in [3.8, 4) is 0 Å². The smallest absolute Gasteiger partial charge is 0.300 e. The average Bonchev–Trinajstić information content (AvgIpc) is 2.81. The largest absolute Gasteiger partial charge is 0.309 e. The first-order valence-electron chi connectivity index (χ1n) is 6.80. The highest BCUT2D eigenvalue weighted by atomic mass is 32.2. The summed E-state index contributed by atoms with van der Waals surface area (Å²) in [5.41, 5.74) is 0.852. The zero-order valence-corrected chi connectivity index (χ0v) is 14.1. The molecule has 0 bridgehead atoms. The third-order valence-corrected chi connectivity index (χ3v) is 4.48.